The Morgan fingerprint density at radius 3 is 2.21 bits per heavy atom. The summed E-state index contributed by atoms with van der Waals surface area (Å²) >= 11 is 0. The third-order valence-electron chi connectivity index (χ3n) is 5.78. The van der Waals surface area contributed by atoms with E-state index in [-0.39, 0.29) is 35.2 Å². The molecular formula is C24H26F5N3O6S. The third-order valence-corrected chi connectivity index (χ3v) is 7.61. The Balaban J connectivity index is 0.000000449. The van der Waals surface area contributed by atoms with E-state index in [1.165, 1.54) is 25.2 Å². The molecule has 2 aromatic rings. The maximum absolute atomic E-state index is 13.2. The van der Waals surface area contributed by atoms with E-state index < -0.39 is 45.3 Å². The first-order chi connectivity index (χ1) is 18.0. The zero-order chi connectivity index (χ0) is 29.2. The summed E-state index contributed by atoms with van der Waals surface area (Å²) in [5.41, 5.74) is -4.17. The van der Waals surface area contributed by atoms with Gasteiger partial charge in [-0.2, -0.15) is 13.2 Å². The van der Waals surface area contributed by atoms with E-state index in [0.29, 0.717) is 26.7 Å². The van der Waals surface area contributed by atoms with E-state index in [9.17, 15) is 40.0 Å². The molecule has 39 heavy (non-hydrogen) atoms. The van der Waals surface area contributed by atoms with E-state index in [1.807, 2.05) is 0 Å². The number of carbonyl (C=O) groups excluding carboxylic acids is 2. The van der Waals surface area contributed by atoms with Gasteiger partial charge in [-0.15, -0.1) is 0 Å². The topological polar surface area (TPSA) is 114 Å². The molecule has 1 aliphatic carbocycles. The average Bonchev–Trinajstić information content (AvgIpc) is 3.61. The van der Waals surface area contributed by atoms with Gasteiger partial charge in [0.1, 0.15) is 18.2 Å². The maximum Gasteiger partial charge on any atom is 0.427 e. The lowest BCUT2D eigenvalue weighted by molar-refractivity contribution is -0.242. The molecule has 2 amide bonds. The number of amides is 2. The van der Waals surface area contributed by atoms with Crippen molar-refractivity contribution < 1.29 is 49.4 Å². The maximum atomic E-state index is 13.2. The quantitative estimate of drug-likeness (QED) is 0.503. The highest BCUT2D eigenvalue weighted by Gasteiger charge is 2.51. The molecular weight excluding hydrogens is 553 g/mol. The van der Waals surface area contributed by atoms with Crippen LogP contribution in [0, 0.1) is 5.82 Å². The van der Waals surface area contributed by atoms with Crippen molar-refractivity contribution in [2.45, 2.75) is 49.0 Å². The second-order valence-electron chi connectivity index (χ2n) is 9.13. The zero-order valence-corrected chi connectivity index (χ0v) is 21.9. The van der Waals surface area contributed by atoms with E-state index in [2.05, 4.69) is 15.4 Å². The lowest BCUT2D eigenvalue weighted by Gasteiger charge is -2.31. The third kappa shape index (κ3) is 6.88. The number of sulfonamides is 1. The normalized spacial score (nSPS) is 16.1. The van der Waals surface area contributed by atoms with Crippen molar-refractivity contribution in [2.75, 3.05) is 29.8 Å². The van der Waals surface area contributed by atoms with Gasteiger partial charge < -0.3 is 14.8 Å². The number of hydrogen-bond acceptors (Lipinski definition) is 6. The number of anilines is 2. The minimum atomic E-state index is -4.78. The Morgan fingerprint density at radius 1 is 1.08 bits per heavy atom. The molecule has 4 rings (SSSR count). The number of nitrogens with one attached hydrogen (secondary N) is 2. The lowest BCUT2D eigenvalue weighted by Crippen LogP contribution is -2.44. The molecule has 1 aliphatic heterocycles. The minimum absolute atomic E-state index is 0.00784. The number of nitrogens with zero attached hydrogens (tertiary/aromatic N) is 1. The number of hydrogen-bond donors (Lipinski definition) is 2. The van der Waals surface area contributed by atoms with Crippen LogP contribution in [0.2, 0.25) is 0 Å². The largest absolute Gasteiger partial charge is 0.489 e. The van der Waals surface area contributed by atoms with Crippen LogP contribution in [0.25, 0.3) is 0 Å². The molecule has 0 bridgehead atoms. The van der Waals surface area contributed by atoms with Crippen LogP contribution in [-0.4, -0.2) is 58.1 Å². The summed E-state index contributed by atoms with van der Waals surface area (Å²) in [5.74, 6) is -0.892. The van der Waals surface area contributed by atoms with E-state index in [1.54, 1.807) is 0 Å². The molecule has 2 aromatic carbocycles. The van der Waals surface area contributed by atoms with Gasteiger partial charge in [0.05, 0.1) is 17.1 Å². The summed E-state index contributed by atoms with van der Waals surface area (Å²) in [6.45, 7) is 1.37. The van der Waals surface area contributed by atoms with E-state index in [4.69, 9.17) is 4.74 Å². The Hall–Kier alpha value is -3.62. The van der Waals surface area contributed by atoms with Gasteiger partial charge in [-0.1, -0.05) is 0 Å². The highest BCUT2D eigenvalue weighted by molar-refractivity contribution is 7.92. The van der Waals surface area contributed by atoms with Gasteiger partial charge in [-0.3, -0.25) is 14.4 Å². The Morgan fingerprint density at radius 2 is 1.69 bits per heavy atom. The van der Waals surface area contributed by atoms with Gasteiger partial charge in [0.25, 0.3) is 15.9 Å². The average molecular weight is 580 g/mol. The summed E-state index contributed by atoms with van der Waals surface area (Å²) in [6, 6.07) is 8.16. The van der Waals surface area contributed by atoms with Crippen LogP contribution in [0.3, 0.4) is 0 Å². The van der Waals surface area contributed by atoms with Crippen LogP contribution in [0.1, 0.15) is 26.7 Å². The number of halogens is 5. The highest BCUT2D eigenvalue weighted by Crippen LogP contribution is 2.40. The highest BCUT2D eigenvalue weighted by atomic mass is 32.2. The summed E-state index contributed by atoms with van der Waals surface area (Å²) < 4.78 is 101. The molecule has 0 unspecified atom stereocenters. The van der Waals surface area contributed by atoms with Crippen molar-refractivity contribution >= 4 is 33.4 Å². The Bertz CT molecular complexity index is 1330. The molecule has 15 heteroatoms. The molecule has 0 saturated heterocycles. The van der Waals surface area contributed by atoms with Crippen molar-refractivity contribution in [1.82, 2.24) is 5.32 Å². The van der Waals surface area contributed by atoms with Crippen LogP contribution >= 0.6 is 0 Å². The number of fused-ring (bicyclic) bond motifs is 1. The van der Waals surface area contributed by atoms with Crippen molar-refractivity contribution in [1.29, 1.82) is 0 Å². The summed E-state index contributed by atoms with van der Waals surface area (Å²) in [5, 5.41) is 4.41. The molecule has 214 valence electrons. The Labute approximate surface area is 221 Å². The smallest absolute Gasteiger partial charge is 0.427 e. The van der Waals surface area contributed by atoms with Crippen LogP contribution in [-0.2, 0) is 19.6 Å². The van der Waals surface area contributed by atoms with Crippen molar-refractivity contribution in [3.05, 3.63) is 48.3 Å². The van der Waals surface area contributed by atoms with Crippen LogP contribution in [0.5, 0.6) is 5.75 Å². The number of benzene rings is 2. The first kappa shape index (κ1) is 29.9. The van der Waals surface area contributed by atoms with Gasteiger partial charge in [0.2, 0.25) is 5.60 Å². The standard InChI is InChI=1S/C19H18F4N2O5S.C5H8FNO/c1-18(2,19(21,22)23)30-17(26)24-13-5-8-16-15(11-13)25(9-10-29-16)31(27,28)14-6-3-12(20)4-7-14;1-7-4(8)5(6)2-3-5/h3-8,11H,9-10H2,1-2H3,(H,24,26);2-3H2,1H3,(H,7,8). The first-order valence-corrected chi connectivity index (χ1v) is 13.0. The fraction of sp³-hybridized carbons (Fsp3) is 0.417. The van der Waals surface area contributed by atoms with Crippen LogP contribution in [0.15, 0.2) is 47.4 Å². The summed E-state index contributed by atoms with van der Waals surface area (Å²) in [7, 11) is -2.65. The van der Waals surface area contributed by atoms with Crippen molar-refractivity contribution in [3.63, 3.8) is 0 Å². The summed E-state index contributed by atoms with van der Waals surface area (Å²) in [6.07, 6.45) is -5.36. The van der Waals surface area contributed by atoms with Crippen molar-refractivity contribution in [2.24, 2.45) is 0 Å². The monoisotopic (exact) mass is 579 g/mol. The Kier molecular flexibility index (Phi) is 8.34. The van der Waals surface area contributed by atoms with Gasteiger partial charge in [0.15, 0.2) is 5.67 Å². The fourth-order valence-corrected chi connectivity index (χ4v) is 4.70. The minimum Gasteiger partial charge on any atom is -0.489 e. The van der Waals surface area contributed by atoms with Gasteiger partial charge >= 0.3 is 12.3 Å². The van der Waals surface area contributed by atoms with Crippen LogP contribution in [0.4, 0.5) is 38.1 Å². The predicted molar refractivity (Wildman–Crippen MR) is 130 cm³/mol. The molecule has 1 fully saturated rings. The van der Waals surface area contributed by atoms with E-state index in [0.717, 1.165) is 28.6 Å². The molecule has 0 radical (unpaired) electrons. The first-order valence-electron chi connectivity index (χ1n) is 11.5. The van der Waals surface area contributed by atoms with Crippen molar-refractivity contribution in [3.8, 4) is 5.75 Å². The van der Waals surface area contributed by atoms with Gasteiger partial charge in [0, 0.05) is 12.7 Å². The number of alkyl halides is 4. The number of rotatable bonds is 5. The second kappa shape index (κ2) is 10.9. The predicted octanol–water partition coefficient (Wildman–Crippen LogP) is 4.54. The van der Waals surface area contributed by atoms with Crippen LogP contribution < -0.4 is 19.7 Å². The number of carbonyl (C=O) groups is 2. The molecule has 0 atom stereocenters. The number of ether oxygens (including phenoxy) is 2. The van der Waals surface area contributed by atoms with Gasteiger partial charge in [-0.05, 0) is 69.2 Å². The zero-order valence-electron chi connectivity index (χ0n) is 21.1. The van der Waals surface area contributed by atoms with E-state index >= 15 is 0 Å². The molecule has 1 saturated carbocycles. The SMILES string of the molecule is CC(C)(OC(=O)Nc1ccc2c(c1)N(S(=O)(=O)c1ccc(F)cc1)CCO2)C(F)(F)F.CNC(=O)C1(F)CC1. The second-order valence-corrected chi connectivity index (χ2v) is 11.0. The molecule has 9 nitrogen and oxygen atoms in total. The molecule has 1 heterocycles. The molecule has 0 spiro atoms. The van der Waals surface area contributed by atoms with Gasteiger partial charge in [-0.25, -0.2) is 22.0 Å². The molecule has 2 N–H and O–H groups in total. The fourth-order valence-electron chi connectivity index (χ4n) is 3.25. The molecule has 2 aliphatic rings. The summed E-state index contributed by atoms with van der Waals surface area (Å²) in [4.78, 5) is 22.2. The molecule has 0 aromatic heterocycles. The lowest BCUT2D eigenvalue weighted by atomic mass is 10.1.